The first-order valence-electron chi connectivity index (χ1n) is 7.56. The quantitative estimate of drug-likeness (QED) is 0.787. The molecule has 1 aromatic rings. The van der Waals surface area contributed by atoms with Gasteiger partial charge in [-0.1, -0.05) is 6.07 Å². The van der Waals surface area contributed by atoms with Crippen molar-refractivity contribution in [2.24, 2.45) is 0 Å². The predicted octanol–water partition coefficient (Wildman–Crippen LogP) is 1.01. The molecule has 0 spiro atoms. The molecule has 1 aromatic carbocycles. The molecule has 1 fully saturated rings. The zero-order valence-electron chi connectivity index (χ0n) is 13.3. The van der Waals surface area contributed by atoms with Crippen LogP contribution in [0.15, 0.2) is 18.2 Å². The lowest BCUT2D eigenvalue weighted by atomic mass is 10.1. The maximum atomic E-state index is 13.6. The van der Waals surface area contributed by atoms with Gasteiger partial charge in [0.25, 0.3) is 0 Å². The highest BCUT2D eigenvalue weighted by Crippen LogP contribution is 2.17. The molecule has 1 aliphatic rings. The Balaban J connectivity index is 1.77. The van der Waals surface area contributed by atoms with Crippen molar-refractivity contribution in [2.45, 2.75) is 19.1 Å². The van der Waals surface area contributed by atoms with Crippen LogP contribution in [-0.2, 0) is 11.3 Å². The summed E-state index contributed by atoms with van der Waals surface area (Å²) >= 11 is 0. The minimum Gasteiger partial charge on any atom is -0.494 e. The number of nitrogens with one attached hydrogen (secondary N) is 1. The van der Waals surface area contributed by atoms with E-state index in [-0.39, 0.29) is 11.6 Å². The highest BCUT2D eigenvalue weighted by atomic mass is 19.1. The maximum Gasteiger partial charge on any atom is 0.165 e. The van der Waals surface area contributed by atoms with Crippen LogP contribution in [0.3, 0.4) is 0 Å². The van der Waals surface area contributed by atoms with Gasteiger partial charge < -0.3 is 19.9 Å². The molecule has 1 saturated heterocycles. The molecule has 124 valence electrons. The van der Waals surface area contributed by atoms with Crippen molar-refractivity contribution < 1.29 is 19.0 Å². The Hall–Kier alpha value is -1.21. The van der Waals surface area contributed by atoms with E-state index in [0.717, 1.165) is 18.7 Å². The normalized spacial score (nSPS) is 18.9. The number of morpholine rings is 1. The van der Waals surface area contributed by atoms with Crippen LogP contribution < -0.4 is 10.1 Å². The highest BCUT2D eigenvalue weighted by molar-refractivity contribution is 5.29. The van der Waals surface area contributed by atoms with E-state index in [0.29, 0.717) is 32.8 Å². The maximum absolute atomic E-state index is 13.6. The summed E-state index contributed by atoms with van der Waals surface area (Å²) in [6.45, 7) is 6.48. The van der Waals surface area contributed by atoms with E-state index >= 15 is 0 Å². The third-order valence-electron chi connectivity index (χ3n) is 3.72. The first-order valence-corrected chi connectivity index (χ1v) is 7.56. The molecular formula is C16H25FN2O3. The van der Waals surface area contributed by atoms with Gasteiger partial charge in [0.2, 0.25) is 0 Å². The average Bonchev–Trinajstić information content (AvgIpc) is 2.48. The highest BCUT2D eigenvalue weighted by Gasteiger charge is 2.24. The van der Waals surface area contributed by atoms with Crippen LogP contribution in [0.2, 0.25) is 0 Å². The summed E-state index contributed by atoms with van der Waals surface area (Å²) in [6.07, 6.45) is 0. The zero-order valence-corrected chi connectivity index (χ0v) is 13.3. The van der Waals surface area contributed by atoms with Crippen molar-refractivity contribution in [2.75, 3.05) is 46.5 Å². The van der Waals surface area contributed by atoms with Crippen LogP contribution in [0, 0.1) is 5.82 Å². The fourth-order valence-corrected chi connectivity index (χ4v) is 2.59. The number of hydrogen-bond acceptors (Lipinski definition) is 5. The van der Waals surface area contributed by atoms with Crippen molar-refractivity contribution in [3.8, 4) is 5.75 Å². The Morgan fingerprint density at radius 2 is 2.14 bits per heavy atom. The Bertz CT molecular complexity index is 476. The van der Waals surface area contributed by atoms with Crippen molar-refractivity contribution in [1.29, 1.82) is 0 Å². The molecule has 1 heterocycles. The summed E-state index contributed by atoms with van der Waals surface area (Å²) < 4.78 is 23.8. The number of hydrogen-bond donors (Lipinski definition) is 2. The molecule has 0 saturated carbocycles. The molecule has 0 aromatic heterocycles. The summed E-state index contributed by atoms with van der Waals surface area (Å²) in [5.74, 6) is -0.134. The van der Waals surface area contributed by atoms with E-state index in [1.54, 1.807) is 6.07 Å². The standard InChI is InChI=1S/C16H25FN2O3/c1-16(20,12-19-5-7-22-8-6-19)11-18-10-13-3-4-15(21-2)14(17)9-13/h3-4,9,18,20H,5-8,10-12H2,1-2H3. The van der Waals surface area contributed by atoms with E-state index in [2.05, 4.69) is 10.2 Å². The van der Waals surface area contributed by atoms with Crippen molar-refractivity contribution in [3.63, 3.8) is 0 Å². The molecule has 0 amide bonds. The summed E-state index contributed by atoms with van der Waals surface area (Å²) in [7, 11) is 1.44. The smallest absolute Gasteiger partial charge is 0.165 e. The van der Waals surface area contributed by atoms with E-state index in [1.807, 2.05) is 13.0 Å². The lowest BCUT2D eigenvalue weighted by molar-refractivity contribution is -0.0219. The van der Waals surface area contributed by atoms with E-state index in [9.17, 15) is 9.50 Å². The van der Waals surface area contributed by atoms with Crippen molar-refractivity contribution >= 4 is 0 Å². The second-order valence-corrected chi connectivity index (χ2v) is 5.96. The SMILES string of the molecule is COc1ccc(CNCC(C)(O)CN2CCOCC2)cc1F. The van der Waals surface area contributed by atoms with Gasteiger partial charge in [0.15, 0.2) is 11.6 Å². The molecule has 0 bridgehead atoms. The van der Waals surface area contributed by atoms with Gasteiger partial charge in [-0.05, 0) is 24.6 Å². The third-order valence-corrected chi connectivity index (χ3v) is 3.72. The number of β-amino-alcohol motifs (C(OH)–C–C–N with tert-alkyl or cyclic N) is 1. The first-order chi connectivity index (χ1) is 10.5. The minimum atomic E-state index is -0.831. The predicted molar refractivity (Wildman–Crippen MR) is 82.5 cm³/mol. The van der Waals surface area contributed by atoms with Crippen LogP contribution >= 0.6 is 0 Å². The number of rotatable bonds is 7. The number of methoxy groups -OCH3 is 1. The fourth-order valence-electron chi connectivity index (χ4n) is 2.59. The van der Waals surface area contributed by atoms with E-state index < -0.39 is 5.60 Å². The van der Waals surface area contributed by atoms with Gasteiger partial charge in [-0.3, -0.25) is 4.90 Å². The second kappa shape index (κ2) is 7.87. The molecule has 1 atom stereocenters. The molecule has 2 rings (SSSR count). The molecule has 5 nitrogen and oxygen atoms in total. The van der Waals surface area contributed by atoms with Crippen LogP contribution in [0.4, 0.5) is 4.39 Å². The van der Waals surface area contributed by atoms with Gasteiger partial charge in [-0.25, -0.2) is 4.39 Å². The van der Waals surface area contributed by atoms with E-state index in [1.165, 1.54) is 13.2 Å². The Labute approximate surface area is 131 Å². The Morgan fingerprint density at radius 3 is 2.77 bits per heavy atom. The summed E-state index contributed by atoms with van der Waals surface area (Å²) in [5.41, 5.74) is -0.0111. The Kier molecular flexibility index (Phi) is 6.14. The van der Waals surface area contributed by atoms with Gasteiger partial charge in [0.1, 0.15) is 0 Å². The summed E-state index contributed by atoms with van der Waals surface area (Å²) in [6, 6.07) is 4.87. The summed E-state index contributed by atoms with van der Waals surface area (Å²) in [4.78, 5) is 2.19. The number of ether oxygens (including phenoxy) is 2. The first kappa shape index (κ1) is 17.1. The number of aliphatic hydroxyl groups is 1. The molecule has 1 unspecified atom stereocenters. The van der Waals surface area contributed by atoms with Gasteiger partial charge in [0.05, 0.1) is 25.9 Å². The van der Waals surface area contributed by atoms with Gasteiger partial charge in [0, 0.05) is 32.7 Å². The molecule has 22 heavy (non-hydrogen) atoms. The van der Waals surface area contributed by atoms with Crippen LogP contribution in [-0.4, -0.2) is 62.1 Å². The summed E-state index contributed by atoms with van der Waals surface area (Å²) in [5, 5.41) is 13.6. The number of nitrogens with zero attached hydrogens (tertiary/aromatic N) is 1. The van der Waals surface area contributed by atoms with Crippen LogP contribution in [0.5, 0.6) is 5.75 Å². The average molecular weight is 312 g/mol. The minimum absolute atomic E-state index is 0.239. The largest absolute Gasteiger partial charge is 0.494 e. The molecule has 1 aliphatic heterocycles. The molecule has 2 N–H and O–H groups in total. The Morgan fingerprint density at radius 1 is 1.41 bits per heavy atom. The monoisotopic (exact) mass is 312 g/mol. The molecular weight excluding hydrogens is 287 g/mol. The molecule has 0 radical (unpaired) electrons. The lowest BCUT2D eigenvalue weighted by Crippen LogP contribution is -2.50. The van der Waals surface area contributed by atoms with Gasteiger partial charge in [-0.15, -0.1) is 0 Å². The zero-order chi connectivity index (χ0) is 16.0. The second-order valence-electron chi connectivity index (χ2n) is 5.96. The van der Waals surface area contributed by atoms with Crippen molar-refractivity contribution in [1.82, 2.24) is 10.2 Å². The molecule has 6 heteroatoms. The number of halogens is 1. The van der Waals surface area contributed by atoms with Gasteiger partial charge >= 0.3 is 0 Å². The van der Waals surface area contributed by atoms with Crippen molar-refractivity contribution in [3.05, 3.63) is 29.6 Å². The molecule has 0 aliphatic carbocycles. The topological polar surface area (TPSA) is 54.0 Å². The third kappa shape index (κ3) is 5.21. The van der Waals surface area contributed by atoms with Crippen LogP contribution in [0.25, 0.3) is 0 Å². The van der Waals surface area contributed by atoms with Crippen LogP contribution in [0.1, 0.15) is 12.5 Å². The lowest BCUT2D eigenvalue weighted by Gasteiger charge is -2.34. The number of benzene rings is 1. The van der Waals surface area contributed by atoms with Gasteiger partial charge in [-0.2, -0.15) is 0 Å². The van der Waals surface area contributed by atoms with E-state index in [4.69, 9.17) is 9.47 Å². The fraction of sp³-hybridized carbons (Fsp3) is 0.625.